The molecule has 6 nitrogen and oxygen atoms in total. The van der Waals surface area contributed by atoms with E-state index >= 15 is 0 Å². The maximum Gasteiger partial charge on any atom is 0.356 e. The van der Waals surface area contributed by atoms with Crippen molar-refractivity contribution in [1.29, 1.82) is 0 Å². The van der Waals surface area contributed by atoms with Crippen molar-refractivity contribution in [2.24, 2.45) is 5.92 Å². The Balaban J connectivity index is 2.37. The van der Waals surface area contributed by atoms with E-state index < -0.39 is 5.97 Å². The Morgan fingerprint density at radius 2 is 1.88 bits per heavy atom. The molecule has 0 aliphatic rings. The normalized spacial score (nSPS) is 11.0. The highest BCUT2D eigenvalue weighted by Crippen LogP contribution is 2.33. The monoisotopic (exact) mass is 357 g/mol. The number of rotatable bonds is 8. The van der Waals surface area contributed by atoms with E-state index in [1.165, 1.54) is 6.07 Å². The van der Waals surface area contributed by atoms with E-state index in [1.807, 2.05) is 24.0 Å². The molecule has 0 amide bonds. The number of nitrogens with zero attached hydrogens (tertiary/aromatic N) is 3. The van der Waals surface area contributed by atoms with Crippen LogP contribution in [0, 0.1) is 5.92 Å². The average Bonchev–Trinajstić information content (AvgIpc) is 2.61. The molecule has 140 valence electrons. The van der Waals surface area contributed by atoms with Crippen molar-refractivity contribution >= 4 is 17.5 Å². The molecular weight excluding hydrogens is 330 g/mol. The van der Waals surface area contributed by atoms with Gasteiger partial charge in [-0.15, -0.1) is 10.2 Å². The third kappa shape index (κ3) is 4.71. The van der Waals surface area contributed by atoms with Crippen molar-refractivity contribution in [2.45, 2.75) is 40.5 Å². The number of carboxylic acids is 1. The van der Waals surface area contributed by atoms with Crippen molar-refractivity contribution in [2.75, 3.05) is 18.1 Å². The minimum Gasteiger partial charge on any atom is -0.493 e. The van der Waals surface area contributed by atoms with Gasteiger partial charge in [-0.2, -0.15) is 0 Å². The second-order valence-corrected chi connectivity index (χ2v) is 6.91. The fourth-order valence-electron chi connectivity index (χ4n) is 2.61. The first-order chi connectivity index (χ1) is 12.3. The van der Waals surface area contributed by atoms with Crippen LogP contribution in [0.3, 0.4) is 0 Å². The van der Waals surface area contributed by atoms with Gasteiger partial charge in [-0.05, 0) is 42.5 Å². The minimum atomic E-state index is -1.09. The molecule has 1 N–H and O–H groups in total. The predicted molar refractivity (Wildman–Crippen MR) is 103 cm³/mol. The number of carbonyl (C=O) groups is 1. The summed E-state index contributed by atoms with van der Waals surface area (Å²) in [6.07, 6.45) is 0. The Morgan fingerprint density at radius 1 is 1.15 bits per heavy atom. The van der Waals surface area contributed by atoms with Crippen LogP contribution in [0.1, 0.15) is 56.6 Å². The molecule has 0 aliphatic carbocycles. The average molecular weight is 357 g/mol. The van der Waals surface area contributed by atoms with Gasteiger partial charge in [0.15, 0.2) is 11.5 Å². The summed E-state index contributed by atoms with van der Waals surface area (Å²) in [6.45, 7) is 11.9. The molecular formula is C20H27N3O3. The lowest BCUT2D eigenvalue weighted by atomic mass is 10.0. The van der Waals surface area contributed by atoms with Gasteiger partial charge in [-0.1, -0.05) is 33.8 Å². The van der Waals surface area contributed by atoms with Crippen LogP contribution in [0.5, 0.6) is 5.75 Å². The fourth-order valence-corrected chi connectivity index (χ4v) is 2.61. The van der Waals surface area contributed by atoms with E-state index in [-0.39, 0.29) is 5.69 Å². The summed E-state index contributed by atoms with van der Waals surface area (Å²) in [7, 11) is 0. The predicted octanol–water partition coefficient (Wildman–Crippen LogP) is 4.49. The quantitative estimate of drug-likeness (QED) is 0.750. The minimum absolute atomic E-state index is 0.0686. The standard InChI is InChI=1S/C20H27N3O3/c1-6-23(19-10-9-17(20(24)25)21-22-19)15-7-8-16(14(4)5)18(11-15)26-12-13(2)3/h7-11,13-14H,6,12H2,1-5H3,(H,24,25). The van der Waals surface area contributed by atoms with Gasteiger partial charge in [0.2, 0.25) is 0 Å². The van der Waals surface area contributed by atoms with Gasteiger partial charge in [0.25, 0.3) is 0 Å². The Hall–Kier alpha value is -2.63. The number of anilines is 2. The number of ether oxygens (including phenoxy) is 1. The number of aromatic carboxylic acids is 1. The Bertz CT molecular complexity index is 742. The molecule has 1 aromatic heterocycles. The number of hydrogen-bond donors (Lipinski definition) is 1. The van der Waals surface area contributed by atoms with Crippen molar-refractivity contribution in [3.8, 4) is 5.75 Å². The molecule has 0 atom stereocenters. The lowest BCUT2D eigenvalue weighted by molar-refractivity contribution is 0.0689. The molecule has 0 bridgehead atoms. The van der Waals surface area contributed by atoms with Crippen LogP contribution in [0.15, 0.2) is 30.3 Å². The zero-order chi connectivity index (χ0) is 19.3. The summed E-state index contributed by atoms with van der Waals surface area (Å²) >= 11 is 0. The maximum atomic E-state index is 11.0. The topological polar surface area (TPSA) is 75.5 Å². The van der Waals surface area contributed by atoms with Crippen LogP contribution in [-0.4, -0.2) is 34.4 Å². The lowest BCUT2D eigenvalue weighted by Gasteiger charge is -2.24. The van der Waals surface area contributed by atoms with Crippen LogP contribution in [0.2, 0.25) is 0 Å². The molecule has 1 aromatic carbocycles. The van der Waals surface area contributed by atoms with E-state index in [0.29, 0.717) is 30.8 Å². The van der Waals surface area contributed by atoms with Crippen molar-refractivity contribution < 1.29 is 14.6 Å². The Kier molecular flexibility index (Phi) is 6.55. The number of aromatic nitrogens is 2. The first kappa shape index (κ1) is 19.7. The third-order valence-corrected chi connectivity index (χ3v) is 3.97. The van der Waals surface area contributed by atoms with E-state index in [2.05, 4.69) is 44.0 Å². The fraction of sp³-hybridized carbons (Fsp3) is 0.450. The second-order valence-electron chi connectivity index (χ2n) is 6.91. The van der Waals surface area contributed by atoms with Crippen LogP contribution in [0.25, 0.3) is 0 Å². The van der Waals surface area contributed by atoms with Gasteiger partial charge in [0.05, 0.1) is 6.61 Å². The third-order valence-electron chi connectivity index (χ3n) is 3.97. The first-order valence-corrected chi connectivity index (χ1v) is 8.94. The van der Waals surface area contributed by atoms with Gasteiger partial charge < -0.3 is 14.7 Å². The smallest absolute Gasteiger partial charge is 0.356 e. The highest BCUT2D eigenvalue weighted by Gasteiger charge is 2.15. The summed E-state index contributed by atoms with van der Waals surface area (Å²) in [5.41, 5.74) is 2.03. The first-order valence-electron chi connectivity index (χ1n) is 8.94. The Labute approximate surface area is 154 Å². The highest BCUT2D eigenvalue weighted by atomic mass is 16.5. The Morgan fingerprint density at radius 3 is 2.38 bits per heavy atom. The van der Waals surface area contributed by atoms with Crippen molar-refractivity contribution in [3.63, 3.8) is 0 Å². The summed E-state index contributed by atoms with van der Waals surface area (Å²) in [6, 6.07) is 9.27. The van der Waals surface area contributed by atoms with Crippen LogP contribution in [0.4, 0.5) is 11.5 Å². The van der Waals surface area contributed by atoms with Crippen LogP contribution >= 0.6 is 0 Å². The van der Waals surface area contributed by atoms with E-state index in [9.17, 15) is 4.79 Å². The molecule has 0 radical (unpaired) electrons. The highest BCUT2D eigenvalue weighted by molar-refractivity contribution is 5.85. The summed E-state index contributed by atoms with van der Waals surface area (Å²) in [4.78, 5) is 12.9. The van der Waals surface area contributed by atoms with Gasteiger partial charge in [-0.3, -0.25) is 0 Å². The van der Waals surface area contributed by atoms with Gasteiger partial charge in [0, 0.05) is 18.3 Å². The molecule has 26 heavy (non-hydrogen) atoms. The summed E-state index contributed by atoms with van der Waals surface area (Å²) in [5.74, 6) is 1.19. The number of hydrogen-bond acceptors (Lipinski definition) is 5. The second kappa shape index (κ2) is 8.65. The molecule has 0 saturated heterocycles. The largest absolute Gasteiger partial charge is 0.493 e. The molecule has 2 aromatic rings. The zero-order valence-corrected chi connectivity index (χ0v) is 16.1. The van der Waals surface area contributed by atoms with Crippen molar-refractivity contribution in [1.82, 2.24) is 10.2 Å². The van der Waals surface area contributed by atoms with Crippen LogP contribution < -0.4 is 9.64 Å². The number of carboxylic acid groups (broad SMARTS) is 1. The molecule has 0 fully saturated rings. The number of benzene rings is 1. The van der Waals surface area contributed by atoms with E-state index in [1.54, 1.807) is 6.07 Å². The van der Waals surface area contributed by atoms with Gasteiger partial charge >= 0.3 is 5.97 Å². The van der Waals surface area contributed by atoms with Crippen LogP contribution in [-0.2, 0) is 0 Å². The summed E-state index contributed by atoms with van der Waals surface area (Å²) < 4.78 is 6.04. The molecule has 6 heteroatoms. The molecule has 0 aliphatic heterocycles. The molecule has 0 unspecified atom stereocenters. The van der Waals surface area contributed by atoms with Gasteiger partial charge in [-0.25, -0.2) is 4.79 Å². The maximum absolute atomic E-state index is 11.0. The van der Waals surface area contributed by atoms with Gasteiger partial charge in [0.1, 0.15) is 5.75 Å². The van der Waals surface area contributed by atoms with E-state index in [4.69, 9.17) is 9.84 Å². The lowest BCUT2D eigenvalue weighted by Crippen LogP contribution is -2.19. The SMILES string of the molecule is CCN(c1ccc(C(C)C)c(OCC(C)C)c1)c1ccc(C(=O)O)nn1. The zero-order valence-electron chi connectivity index (χ0n) is 16.1. The summed E-state index contributed by atoms with van der Waals surface area (Å²) in [5, 5.41) is 16.8. The van der Waals surface area contributed by atoms with Crippen molar-refractivity contribution in [3.05, 3.63) is 41.6 Å². The molecule has 0 spiro atoms. The molecule has 0 saturated carbocycles. The van der Waals surface area contributed by atoms with E-state index in [0.717, 1.165) is 17.0 Å². The molecule has 1 heterocycles. The molecule has 2 rings (SSSR count).